The molecule has 1 aliphatic heterocycles. The molecule has 0 unspecified atom stereocenters. The van der Waals surface area contributed by atoms with Crippen LogP contribution >= 0.6 is 11.3 Å². The molecule has 1 saturated heterocycles. The minimum Gasteiger partial charge on any atom is -0.380 e. The third-order valence-corrected chi connectivity index (χ3v) is 5.76. The molecule has 0 saturated carbocycles. The zero-order valence-corrected chi connectivity index (χ0v) is 16.1. The van der Waals surface area contributed by atoms with E-state index in [9.17, 15) is 4.79 Å². The van der Waals surface area contributed by atoms with Gasteiger partial charge in [-0.25, -0.2) is 15.1 Å². The van der Waals surface area contributed by atoms with Gasteiger partial charge in [-0.3, -0.25) is 4.79 Å². The summed E-state index contributed by atoms with van der Waals surface area (Å²) in [6, 6.07) is 1.71. The summed E-state index contributed by atoms with van der Waals surface area (Å²) in [6.07, 6.45) is 7.70. The fourth-order valence-electron chi connectivity index (χ4n) is 3.32. The minimum absolute atomic E-state index is 0.0337. The predicted octanol–water partition coefficient (Wildman–Crippen LogP) is 0.933. The fraction of sp³-hybridized carbons (Fsp3) is 0.278. The number of amides is 1. The van der Waals surface area contributed by atoms with E-state index >= 15 is 0 Å². The molecule has 11 heteroatoms. The molecule has 0 radical (unpaired) electrons. The van der Waals surface area contributed by atoms with Gasteiger partial charge in [-0.05, 0) is 11.4 Å². The summed E-state index contributed by atoms with van der Waals surface area (Å²) in [5.41, 5.74) is 8.42. The SMILES string of the molecule is N[C@H]1COCC[C@H]1Nc1ncc2scc(C(=O)Nc3c[nH][n+]4cccnc34)c2n1. The van der Waals surface area contributed by atoms with Crippen LogP contribution in [0.25, 0.3) is 15.9 Å². The number of anilines is 2. The molecule has 4 aromatic heterocycles. The highest BCUT2D eigenvalue weighted by Gasteiger charge is 2.24. The van der Waals surface area contributed by atoms with Crippen LogP contribution in [-0.2, 0) is 4.74 Å². The number of rotatable bonds is 4. The quantitative estimate of drug-likeness (QED) is 0.367. The van der Waals surface area contributed by atoms with Crippen molar-refractivity contribution in [1.29, 1.82) is 0 Å². The van der Waals surface area contributed by atoms with Gasteiger partial charge in [0.1, 0.15) is 12.4 Å². The van der Waals surface area contributed by atoms with Gasteiger partial charge < -0.3 is 21.1 Å². The molecule has 1 fully saturated rings. The minimum atomic E-state index is -0.254. The summed E-state index contributed by atoms with van der Waals surface area (Å²) >= 11 is 1.43. The molecule has 4 aromatic rings. The second kappa shape index (κ2) is 7.35. The molecule has 0 bridgehead atoms. The molecule has 0 aliphatic carbocycles. The van der Waals surface area contributed by atoms with Crippen LogP contribution in [-0.4, -0.2) is 51.3 Å². The lowest BCUT2D eigenvalue weighted by Gasteiger charge is -2.29. The number of thiophene rings is 1. The van der Waals surface area contributed by atoms with Gasteiger partial charge in [0.05, 0.1) is 34.8 Å². The third kappa shape index (κ3) is 3.39. The lowest BCUT2D eigenvalue weighted by Crippen LogP contribution is -2.47. The maximum Gasteiger partial charge on any atom is 0.371 e. The maximum absolute atomic E-state index is 12.9. The van der Waals surface area contributed by atoms with Crippen LogP contribution in [0.1, 0.15) is 16.8 Å². The molecule has 5 heterocycles. The number of hydrogen-bond donors (Lipinski definition) is 4. The average molecular weight is 411 g/mol. The van der Waals surface area contributed by atoms with Crippen LogP contribution < -0.4 is 20.9 Å². The van der Waals surface area contributed by atoms with Crippen molar-refractivity contribution in [3.05, 3.63) is 41.8 Å². The van der Waals surface area contributed by atoms with Gasteiger partial charge >= 0.3 is 5.65 Å². The number of H-pyrrole nitrogens is 1. The molecule has 148 valence electrons. The zero-order chi connectivity index (χ0) is 19.8. The molecule has 5 rings (SSSR count). The maximum atomic E-state index is 12.9. The van der Waals surface area contributed by atoms with Gasteiger partial charge in [0.15, 0.2) is 5.69 Å². The van der Waals surface area contributed by atoms with E-state index in [1.165, 1.54) is 11.3 Å². The summed E-state index contributed by atoms with van der Waals surface area (Å²) in [5, 5.41) is 11.0. The first-order valence-electron chi connectivity index (χ1n) is 9.18. The molecule has 2 atom stereocenters. The van der Waals surface area contributed by atoms with Crippen molar-refractivity contribution in [2.45, 2.75) is 18.5 Å². The highest BCUT2D eigenvalue weighted by Crippen LogP contribution is 2.26. The summed E-state index contributed by atoms with van der Waals surface area (Å²) in [6.45, 7) is 1.15. The van der Waals surface area contributed by atoms with Crippen LogP contribution in [0, 0.1) is 0 Å². The van der Waals surface area contributed by atoms with Crippen molar-refractivity contribution < 1.29 is 14.0 Å². The standard InChI is InChI=1S/C18H18N8O2S/c19-11-8-28-5-2-12(11)24-18-21-7-14-15(25-18)10(9-29-14)17(27)23-13-6-22-26-4-1-3-20-16(13)26/h1,3-4,6-7,9,11-12H,2,5,8,19H2,(H2,21,23,24,25,27)/p+1/t11-,12+/m0/s1. The van der Waals surface area contributed by atoms with Crippen molar-refractivity contribution in [1.82, 2.24) is 20.1 Å². The Morgan fingerprint density at radius 2 is 2.34 bits per heavy atom. The Morgan fingerprint density at radius 3 is 3.24 bits per heavy atom. The molecule has 0 spiro atoms. The highest BCUT2D eigenvalue weighted by atomic mass is 32.1. The van der Waals surface area contributed by atoms with E-state index in [-0.39, 0.29) is 18.0 Å². The Labute approximate surface area is 169 Å². The summed E-state index contributed by atoms with van der Waals surface area (Å²) in [5.74, 6) is 0.201. The monoisotopic (exact) mass is 411 g/mol. The number of nitrogens with zero attached hydrogens (tertiary/aromatic N) is 4. The molecular formula is C18H19N8O2S+. The second-order valence-corrected chi connectivity index (χ2v) is 7.70. The average Bonchev–Trinajstić information content (AvgIpc) is 3.34. The number of fused-ring (bicyclic) bond motifs is 2. The van der Waals surface area contributed by atoms with Gasteiger partial charge in [-0.1, -0.05) is 0 Å². The Balaban J connectivity index is 1.41. The molecule has 10 nitrogen and oxygen atoms in total. The van der Waals surface area contributed by atoms with Crippen molar-refractivity contribution in [2.24, 2.45) is 5.73 Å². The van der Waals surface area contributed by atoms with Gasteiger partial charge in [0.2, 0.25) is 5.95 Å². The molecule has 1 aliphatic rings. The van der Waals surface area contributed by atoms with Gasteiger partial charge in [0, 0.05) is 30.1 Å². The van der Waals surface area contributed by atoms with Gasteiger partial charge in [-0.2, -0.15) is 0 Å². The molecule has 5 N–H and O–H groups in total. The summed E-state index contributed by atoms with van der Waals surface area (Å²) < 4.78 is 7.93. The van der Waals surface area contributed by atoms with E-state index in [1.807, 2.05) is 6.20 Å². The number of aromatic nitrogens is 5. The topological polar surface area (TPSA) is 135 Å². The van der Waals surface area contributed by atoms with E-state index in [2.05, 4.69) is 30.7 Å². The van der Waals surface area contributed by atoms with Crippen molar-refractivity contribution >= 4 is 44.7 Å². The summed E-state index contributed by atoms with van der Waals surface area (Å²) in [7, 11) is 0. The van der Waals surface area contributed by atoms with Crippen LogP contribution in [0.4, 0.5) is 11.6 Å². The van der Waals surface area contributed by atoms with Gasteiger partial charge in [0.25, 0.3) is 5.91 Å². The van der Waals surface area contributed by atoms with E-state index in [0.717, 1.165) is 11.1 Å². The summed E-state index contributed by atoms with van der Waals surface area (Å²) in [4.78, 5) is 26.1. The largest absolute Gasteiger partial charge is 0.380 e. The van der Waals surface area contributed by atoms with Crippen molar-refractivity contribution in [3.63, 3.8) is 0 Å². The molecule has 1 amide bonds. The number of hydrogen-bond acceptors (Lipinski definition) is 8. The Morgan fingerprint density at radius 1 is 1.41 bits per heavy atom. The number of carbonyl (C=O) groups excluding carboxylic acids is 1. The van der Waals surface area contributed by atoms with Crippen molar-refractivity contribution in [2.75, 3.05) is 23.8 Å². The Bertz CT molecular complexity index is 1190. The predicted molar refractivity (Wildman–Crippen MR) is 108 cm³/mol. The first-order valence-corrected chi connectivity index (χ1v) is 10.1. The van der Waals surface area contributed by atoms with E-state index in [0.29, 0.717) is 41.6 Å². The van der Waals surface area contributed by atoms with Gasteiger partial charge in [-0.15, -0.1) is 15.9 Å². The third-order valence-electron chi connectivity index (χ3n) is 4.86. The van der Waals surface area contributed by atoms with Crippen LogP contribution in [0.2, 0.25) is 0 Å². The first-order chi connectivity index (χ1) is 14.2. The Hall–Kier alpha value is -3.15. The number of nitrogens with two attached hydrogens (primary N) is 1. The number of aromatic amines is 1. The lowest BCUT2D eigenvalue weighted by atomic mass is 10.1. The van der Waals surface area contributed by atoms with Crippen LogP contribution in [0.5, 0.6) is 0 Å². The second-order valence-electron chi connectivity index (χ2n) is 6.79. The smallest absolute Gasteiger partial charge is 0.371 e. The first kappa shape index (κ1) is 17.9. The number of carbonyl (C=O) groups is 1. The van der Waals surface area contributed by atoms with E-state index in [1.54, 1.807) is 34.6 Å². The van der Waals surface area contributed by atoms with E-state index < -0.39 is 0 Å². The van der Waals surface area contributed by atoms with E-state index in [4.69, 9.17) is 10.5 Å². The van der Waals surface area contributed by atoms with Crippen molar-refractivity contribution in [3.8, 4) is 0 Å². The fourth-order valence-corrected chi connectivity index (χ4v) is 4.16. The highest BCUT2D eigenvalue weighted by molar-refractivity contribution is 7.17. The molecule has 29 heavy (non-hydrogen) atoms. The molecular weight excluding hydrogens is 392 g/mol. The normalized spacial score (nSPS) is 19.5. The molecule has 0 aromatic carbocycles. The Kier molecular flexibility index (Phi) is 4.54. The number of ether oxygens (including phenoxy) is 1. The lowest BCUT2D eigenvalue weighted by molar-refractivity contribution is -0.578. The van der Waals surface area contributed by atoms with Crippen LogP contribution in [0.15, 0.2) is 36.2 Å². The zero-order valence-electron chi connectivity index (χ0n) is 15.3. The van der Waals surface area contributed by atoms with Crippen LogP contribution in [0.3, 0.4) is 0 Å². The number of nitrogens with one attached hydrogen (secondary N) is 3.